The van der Waals surface area contributed by atoms with Crippen molar-refractivity contribution in [3.8, 4) is 0 Å². The van der Waals surface area contributed by atoms with Crippen LogP contribution in [0.15, 0.2) is 18.2 Å². The van der Waals surface area contributed by atoms with E-state index >= 15 is 0 Å². The first-order valence-electron chi connectivity index (χ1n) is 5.93. The van der Waals surface area contributed by atoms with Gasteiger partial charge in [-0.2, -0.15) is 0 Å². The van der Waals surface area contributed by atoms with Crippen LogP contribution in [0.1, 0.15) is 24.0 Å². The van der Waals surface area contributed by atoms with Crippen LogP contribution in [-0.2, 0) is 6.54 Å². The number of hydrogen-bond donors (Lipinski definition) is 2. The average Bonchev–Trinajstić information content (AvgIpc) is 2.29. The van der Waals surface area contributed by atoms with E-state index in [4.69, 9.17) is 5.73 Å². The van der Waals surface area contributed by atoms with E-state index < -0.39 is 0 Å². The van der Waals surface area contributed by atoms with Crippen LogP contribution < -0.4 is 10.6 Å². The van der Waals surface area contributed by atoms with Gasteiger partial charge in [-0.1, -0.05) is 12.1 Å². The van der Waals surface area contributed by atoms with Crippen molar-refractivity contribution >= 4 is 5.69 Å². The van der Waals surface area contributed by atoms with E-state index in [9.17, 15) is 5.11 Å². The second-order valence-electron chi connectivity index (χ2n) is 4.58. The highest BCUT2D eigenvalue weighted by atomic mass is 16.3. The van der Waals surface area contributed by atoms with Crippen LogP contribution in [0.2, 0.25) is 0 Å². The van der Waals surface area contributed by atoms with E-state index in [0.717, 1.165) is 25.9 Å². The predicted octanol–water partition coefficient (Wildman–Crippen LogP) is 1.41. The zero-order valence-corrected chi connectivity index (χ0v) is 9.82. The Morgan fingerprint density at radius 1 is 1.50 bits per heavy atom. The maximum absolute atomic E-state index is 9.70. The van der Waals surface area contributed by atoms with Gasteiger partial charge in [-0.15, -0.1) is 0 Å². The molecule has 16 heavy (non-hydrogen) atoms. The molecule has 0 aliphatic carbocycles. The van der Waals surface area contributed by atoms with Crippen LogP contribution in [0.4, 0.5) is 5.69 Å². The normalized spacial score (nSPS) is 21.2. The summed E-state index contributed by atoms with van der Waals surface area (Å²) in [5.74, 6) is 0. The van der Waals surface area contributed by atoms with Crippen molar-refractivity contribution in [1.29, 1.82) is 0 Å². The number of benzene rings is 1. The Morgan fingerprint density at radius 3 is 3.00 bits per heavy atom. The summed E-state index contributed by atoms with van der Waals surface area (Å²) < 4.78 is 0. The van der Waals surface area contributed by atoms with Crippen LogP contribution in [0.25, 0.3) is 0 Å². The number of nitrogens with zero attached hydrogens (tertiary/aromatic N) is 1. The summed E-state index contributed by atoms with van der Waals surface area (Å²) in [4.78, 5) is 2.25. The molecule has 0 amide bonds. The molecule has 88 valence electrons. The number of aliphatic hydroxyl groups is 1. The Hall–Kier alpha value is -1.06. The number of piperidine rings is 1. The molecule has 1 aliphatic heterocycles. The lowest BCUT2D eigenvalue weighted by atomic mass is 10.0. The van der Waals surface area contributed by atoms with Crippen molar-refractivity contribution in [1.82, 2.24) is 0 Å². The first-order valence-corrected chi connectivity index (χ1v) is 5.93. The lowest BCUT2D eigenvalue weighted by molar-refractivity contribution is 0.154. The standard InChI is InChI=1S/C13H20N2O/c1-10-4-5-11(8-14)13(7-10)15-6-2-3-12(16)9-15/h4-5,7,12,16H,2-3,6,8-9,14H2,1H3. The number of β-amino-alcohol motifs (C(OH)–C–C–N with tert-alkyl or cyclic N) is 1. The third kappa shape index (κ3) is 2.36. The zero-order valence-electron chi connectivity index (χ0n) is 9.82. The summed E-state index contributed by atoms with van der Waals surface area (Å²) in [5, 5.41) is 9.70. The molecule has 1 aromatic rings. The highest BCUT2D eigenvalue weighted by Crippen LogP contribution is 2.25. The zero-order chi connectivity index (χ0) is 11.5. The van der Waals surface area contributed by atoms with E-state index in [1.165, 1.54) is 16.8 Å². The molecule has 0 radical (unpaired) electrons. The van der Waals surface area contributed by atoms with Crippen LogP contribution in [0.5, 0.6) is 0 Å². The number of anilines is 1. The van der Waals surface area contributed by atoms with Gasteiger partial charge in [0.1, 0.15) is 0 Å². The Balaban J connectivity index is 2.26. The molecular formula is C13H20N2O. The highest BCUT2D eigenvalue weighted by Gasteiger charge is 2.19. The smallest absolute Gasteiger partial charge is 0.0715 e. The summed E-state index contributed by atoms with van der Waals surface area (Å²) in [6.07, 6.45) is 1.78. The number of aliphatic hydroxyl groups excluding tert-OH is 1. The fourth-order valence-electron chi connectivity index (χ4n) is 2.31. The van der Waals surface area contributed by atoms with Crippen molar-refractivity contribution in [2.24, 2.45) is 5.73 Å². The molecule has 1 aliphatic rings. The summed E-state index contributed by atoms with van der Waals surface area (Å²) in [6.45, 7) is 4.40. The monoisotopic (exact) mass is 220 g/mol. The SMILES string of the molecule is Cc1ccc(CN)c(N2CCCC(O)C2)c1. The van der Waals surface area contributed by atoms with Gasteiger partial charge < -0.3 is 15.7 Å². The van der Waals surface area contributed by atoms with Crippen LogP contribution in [0, 0.1) is 6.92 Å². The molecule has 0 saturated carbocycles. The summed E-state index contributed by atoms with van der Waals surface area (Å²) in [5.41, 5.74) is 9.36. The van der Waals surface area contributed by atoms with E-state index in [2.05, 4.69) is 30.0 Å². The molecule has 1 saturated heterocycles. The number of rotatable bonds is 2. The minimum atomic E-state index is -0.195. The molecule has 1 atom stereocenters. The van der Waals surface area contributed by atoms with Gasteiger partial charge in [-0.3, -0.25) is 0 Å². The Morgan fingerprint density at radius 2 is 2.31 bits per heavy atom. The largest absolute Gasteiger partial charge is 0.391 e. The van der Waals surface area contributed by atoms with Crippen molar-refractivity contribution in [2.45, 2.75) is 32.4 Å². The average molecular weight is 220 g/mol. The lowest BCUT2D eigenvalue weighted by Crippen LogP contribution is -2.38. The van der Waals surface area contributed by atoms with E-state index in [-0.39, 0.29) is 6.10 Å². The quantitative estimate of drug-likeness (QED) is 0.792. The molecule has 3 N–H and O–H groups in total. The van der Waals surface area contributed by atoms with Crippen LogP contribution in [0.3, 0.4) is 0 Å². The van der Waals surface area contributed by atoms with Crippen molar-refractivity contribution < 1.29 is 5.11 Å². The number of hydrogen-bond acceptors (Lipinski definition) is 3. The predicted molar refractivity (Wildman–Crippen MR) is 66.5 cm³/mol. The van der Waals surface area contributed by atoms with Gasteiger partial charge in [0.2, 0.25) is 0 Å². The molecule has 0 spiro atoms. The second-order valence-corrected chi connectivity index (χ2v) is 4.58. The molecule has 3 nitrogen and oxygen atoms in total. The van der Waals surface area contributed by atoms with Gasteiger partial charge in [-0.25, -0.2) is 0 Å². The molecule has 0 aromatic heterocycles. The van der Waals surface area contributed by atoms with Crippen molar-refractivity contribution in [3.05, 3.63) is 29.3 Å². The first-order chi connectivity index (χ1) is 7.70. The summed E-state index contributed by atoms with van der Waals surface area (Å²) in [7, 11) is 0. The Kier molecular flexibility index (Phi) is 3.46. The van der Waals surface area contributed by atoms with Gasteiger partial charge >= 0.3 is 0 Å². The van der Waals surface area contributed by atoms with Gasteiger partial charge in [-0.05, 0) is 37.0 Å². The third-order valence-corrected chi connectivity index (χ3v) is 3.20. The molecule has 1 fully saturated rings. The molecule has 1 aromatic carbocycles. The Labute approximate surface area is 96.9 Å². The molecule has 0 bridgehead atoms. The molecule has 3 heteroatoms. The van der Waals surface area contributed by atoms with Crippen molar-refractivity contribution in [3.63, 3.8) is 0 Å². The van der Waals surface area contributed by atoms with Crippen molar-refractivity contribution in [2.75, 3.05) is 18.0 Å². The molecule has 2 rings (SSSR count). The maximum Gasteiger partial charge on any atom is 0.0715 e. The second kappa shape index (κ2) is 4.85. The van der Waals surface area contributed by atoms with E-state index in [0.29, 0.717) is 6.54 Å². The Bertz CT molecular complexity index is 365. The first kappa shape index (κ1) is 11.4. The van der Waals surface area contributed by atoms with Gasteiger partial charge in [0.05, 0.1) is 6.10 Å². The maximum atomic E-state index is 9.70. The summed E-state index contributed by atoms with van der Waals surface area (Å²) >= 11 is 0. The minimum absolute atomic E-state index is 0.195. The minimum Gasteiger partial charge on any atom is -0.391 e. The van der Waals surface area contributed by atoms with Crippen LogP contribution >= 0.6 is 0 Å². The van der Waals surface area contributed by atoms with E-state index in [1.807, 2.05) is 0 Å². The van der Waals surface area contributed by atoms with Gasteiger partial charge in [0, 0.05) is 25.3 Å². The third-order valence-electron chi connectivity index (χ3n) is 3.20. The highest BCUT2D eigenvalue weighted by molar-refractivity contribution is 5.55. The van der Waals surface area contributed by atoms with Gasteiger partial charge in [0.25, 0.3) is 0 Å². The lowest BCUT2D eigenvalue weighted by Gasteiger charge is -2.33. The van der Waals surface area contributed by atoms with Gasteiger partial charge in [0.15, 0.2) is 0 Å². The fraction of sp³-hybridized carbons (Fsp3) is 0.538. The molecular weight excluding hydrogens is 200 g/mol. The fourth-order valence-corrected chi connectivity index (χ4v) is 2.31. The summed E-state index contributed by atoms with van der Waals surface area (Å²) in [6, 6.07) is 6.35. The van der Waals surface area contributed by atoms with E-state index in [1.54, 1.807) is 0 Å². The number of aryl methyl sites for hydroxylation is 1. The molecule has 1 unspecified atom stereocenters. The van der Waals surface area contributed by atoms with Crippen LogP contribution in [-0.4, -0.2) is 24.3 Å². The molecule has 1 heterocycles. The number of nitrogens with two attached hydrogens (primary N) is 1. The topological polar surface area (TPSA) is 49.5 Å².